The lowest BCUT2D eigenvalue weighted by Crippen LogP contribution is -2.27. The largest absolute Gasteiger partial charge is 0.0651 e. The zero-order valence-corrected chi connectivity index (χ0v) is 7.84. The van der Waals surface area contributed by atoms with E-state index in [2.05, 4.69) is 13.8 Å². The Labute approximate surface area is 70.4 Å². The monoisotopic (exact) mass is 152 g/mol. The third-order valence-corrected chi connectivity index (χ3v) is 4.25. The lowest BCUT2D eigenvalue weighted by atomic mass is 9.69. The van der Waals surface area contributed by atoms with Crippen molar-refractivity contribution < 1.29 is 0 Å². The van der Waals surface area contributed by atoms with Gasteiger partial charge in [0.15, 0.2) is 0 Å². The molecule has 0 aromatic heterocycles. The van der Waals surface area contributed by atoms with Crippen molar-refractivity contribution in [3.63, 3.8) is 0 Å². The zero-order valence-electron chi connectivity index (χ0n) is 7.84. The second-order valence-electron chi connectivity index (χ2n) is 4.48. The third kappa shape index (κ3) is 1.02. The van der Waals surface area contributed by atoms with Gasteiger partial charge in [-0.25, -0.2) is 0 Å². The smallest absolute Gasteiger partial charge is 0.0355 e. The molecule has 0 radical (unpaired) electrons. The summed E-state index contributed by atoms with van der Waals surface area (Å²) in [6, 6.07) is 0. The van der Waals surface area contributed by atoms with Gasteiger partial charge in [0.05, 0.1) is 0 Å². The molecule has 0 bridgehead atoms. The maximum Gasteiger partial charge on any atom is -0.0355 e. The predicted octanol–water partition coefficient (Wildman–Crippen LogP) is 3.47. The van der Waals surface area contributed by atoms with Gasteiger partial charge in [0.2, 0.25) is 0 Å². The van der Waals surface area contributed by atoms with Crippen molar-refractivity contribution in [2.24, 2.45) is 23.7 Å². The molecule has 2 aliphatic carbocycles. The van der Waals surface area contributed by atoms with Crippen LogP contribution in [0.2, 0.25) is 0 Å². The van der Waals surface area contributed by atoms with Crippen molar-refractivity contribution in [1.82, 2.24) is 0 Å². The van der Waals surface area contributed by atoms with Gasteiger partial charge in [0.25, 0.3) is 0 Å². The van der Waals surface area contributed by atoms with E-state index in [0.717, 1.165) is 23.7 Å². The van der Waals surface area contributed by atoms with Gasteiger partial charge in [-0.3, -0.25) is 0 Å². The molecule has 0 spiro atoms. The maximum atomic E-state index is 2.37. The van der Waals surface area contributed by atoms with Crippen LogP contribution in [0.4, 0.5) is 0 Å². The molecule has 2 aliphatic rings. The Kier molecular flexibility index (Phi) is 1.95. The van der Waals surface area contributed by atoms with Crippen LogP contribution in [0.1, 0.15) is 46.0 Å². The predicted molar refractivity (Wildman–Crippen MR) is 48.4 cm³/mol. The Hall–Kier alpha value is 0. The fourth-order valence-corrected chi connectivity index (χ4v) is 3.40. The van der Waals surface area contributed by atoms with E-state index in [1.807, 2.05) is 0 Å². The summed E-state index contributed by atoms with van der Waals surface area (Å²) in [5.41, 5.74) is 0. The van der Waals surface area contributed by atoms with Crippen LogP contribution in [0.25, 0.3) is 0 Å². The fraction of sp³-hybridized carbons (Fsp3) is 1.00. The number of fused-ring (bicyclic) bond motifs is 1. The van der Waals surface area contributed by atoms with Crippen molar-refractivity contribution >= 4 is 0 Å². The highest BCUT2D eigenvalue weighted by atomic mass is 14.5. The van der Waals surface area contributed by atoms with Crippen molar-refractivity contribution in [1.29, 1.82) is 0 Å². The summed E-state index contributed by atoms with van der Waals surface area (Å²) in [7, 11) is 0. The average molecular weight is 152 g/mol. The average Bonchev–Trinajstić information content (AvgIpc) is 2.21. The summed E-state index contributed by atoms with van der Waals surface area (Å²) in [5.74, 6) is 4.53. The summed E-state index contributed by atoms with van der Waals surface area (Å²) in [6.07, 6.45) is 7.55. The topological polar surface area (TPSA) is 0 Å². The molecule has 11 heavy (non-hydrogen) atoms. The van der Waals surface area contributed by atoms with E-state index in [-0.39, 0.29) is 0 Å². The molecule has 2 saturated carbocycles. The summed E-state index contributed by atoms with van der Waals surface area (Å²) in [6.45, 7) is 4.75. The molecule has 0 aliphatic heterocycles. The molecule has 0 aromatic rings. The first-order chi connectivity index (χ1) is 5.36. The molecule has 2 fully saturated rings. The van der Waals surface area contributed by atoms with E-state index < -0.39 is 0 Å². The van der Waals surface area contributed by atoms with Crippen LogP contribution in [-0.2, 0) is 0 Å². The first-order valence-corrected chi connectivity index (χ1v) is 5.36. The molecule has 64 valence electrons. The number of hydrogen-bond acceptors (Lipinski definition) is 0. The highest BCUT2D eigenvalue weighted by Crippen LogP contribution is 2.55. The standard InChI is InChI=1S/C11H20/c1-3-8-7-9(4-2)11-6-5-10(8)11/h8-11H,3-7H2,1-2H3. The van der Waals surface area contributed by atoms with E-state index in [1.54, 1.807) is 19.3 Å². The number of rotatable bonds is 2. The van der Waals surface area contributed by atoms with E-state index in [0.29, 0.717) is 0 Å². The van der Waals surface area contributed by atoms with Gasteiger partial charge in [-0.05, 0) is 42.9 Å². The lowest BCUT2D eigenvalue weighted by molar-refractivity contribution is 0.140. The molecule has 0 nitrogen and oxygen atoms in total. The summed E-state index contributed by atoms with van der Waals surface area (Å²) >= 11 is 0. The van der Waals surface area contributed by atoms with Crippen molar-refractivity contribution in [3.8, 4) is 0 Å². The van der Waals surface area contributed by atoms with Crippen LogP contribution < -0.4 is 0 Å². The Morgan fingerprint density at radius 3 is 1.55 bits per heavy atom. The quantitative estimate of drug-likeness (QED) is 0.568. The van der Waals surface area contributed by atoms with E-state index in [4.69, 9.17) is 0 Å². The molecule has 0 N–H and O–H groups in total. The lowest BCUT2D eigenvalue weighted by Gasteiger charge is -2.36. The van der Waals surface area contributed by atoms with Crippen molar-refractivity contribution in [2.45, 2.75) is 46.0 Å². The third-order valence-electron chi connectivity index (χ3n) is 4.25. The molecule has 0 heterocycles. The van der Waals surface area contributed by atoms with Crippen LogP contribution in [0.3, 0.4) is 0 Å². The maximum absolute atomic E-state index is 2.37. The summed E-state index contributed by atoms with van der Waals surface area (Å²) < 4.78 is 0. The fourth-order valence-electron chi connectivity index (χ4n) is 3.40. The first-order valence-electron chi connectivity index (χ1n) is 5.36. The van der Waals surface area contributed by atoms with Crippen LogP contribution in [0.5, 0.6) is 0 Å². The molecular weight excluding hydrogens is 132 g/mol. The summed E-state index contributed by atoms with van der Waals surface area (Å²) in [4.78, 5) is 0. The summed E-state index contributed by atoms with van der Waals surface area (Å²) in [5, 5.41) is 0. The van der Waals surface area contributed by atoms with Crippen molar-refractivity contribution in [2.75, 3.05) is 0 Å². The minimum Gasteiger partial charge on any atom is -0.0651 e. The molecular formula is C11H20. The van der Waals surface area contributed by atoms with Crippen LogP contribution in [-0.4, -0.2) is 0 Å². The van der Waals surface area contributed by atoms with Crippen LogP contribution in [0.15, 0.2) is 0 Å². The second-order valence-corrected chi connectivity index (χ2v) is 4.48. The molecule has 0 heteroatoms. The van der Waals surface area contributed by atoms with Gasteiger partial charge in [-0.15, -0.1) is 0 Å². The van der Waals surface area contributed by atoms with E-state index in [9.17, 15) is 0 Å². The molecule has 0 amide bonds. The molecule has 0 aromatic carbocycles. The zero-order chi connectivity index (χ0) is 7.84. The van der Waals surface area contributed by atoms with Gasteiger partial charge in [-0.1, -0.05) is 26.7 Å². The van der Waals surface area contributed by atoms with E-state index >= 15 is 0 Å². The molecule has 2 rings (SSSR count). The number of hydrogen-bond donors (Lipinski definition) is 0. The highest BCUT2D eigenvalue weighted by Gasteiger charge is 2.46. The van der Waals surface area contributed by atoms with Gasteiger partial charge < -0.3 is 0 Å². The van der Waals surface area contributed by atoms with Gasteiger partial charge in [0, 0.05) is 0 Å². The van der Waals surface area contributed by atoms with Gasteiger partial charge in [-0.2, -0.15) is 0 Å². The second kappa shape index (κ2) is 2.80. The van der Waals surface area contributed by atoms with E-state index in [1.165, 1.54) is 12.8 Å². The highest BCUT2D eigenvalue weighted by molar-refractivity contribution is 4.96. The molecule has 4 unspecified atom stereocenters. The Bertz CT molecular complexity index is 113. The van der Waals surface area contributed by atoms with Crippen molar-refractivity contribution in [3.05, 3.63) is 0 Å². The molecule has 4 atom stereocenters. The van der Waals surface area contributed by atoms with Gasteiger partial charge >= 0.3 is 0 Å². The molecule has 0 saturated heterocycles. The minimum atomic E-state index is 1.11. The first kappa shape index (κ1) is 7.64. The van der Waals surface area contributed by atoms with Gasteiger partial charge in [0.1, 0.15) is 0 Å². The SMILES string of the molecule is CCC1CC(CC)C2CCC12. The van der Waals surface area contributed by atoms with Crippen LogP contribution in [0, 0.1) is 23.7 Å². The minimum absolute atomic E-state index is 1.11. The Morgan fingerprint density at radius 1 is 0.909 bits per heavy atom. The normalized spacial score (nSPS) is 48.5. The Balaban J connectivity index is 1.99. The van der Waals surface area contributed by atoms with Crippen LogP contribution >= 0.6 is 0 Å². The Morgan fingerprint density at radius 2 is 1.36 bits per heavy atom.